The van der Waals surface area contributed by atoms with Crippen LogP contribution in [-0.2, 0) is 24.6 Å². The van der Waals surface area contributed by atoms with Gasteiger partial charge in [-0.3, -0.25) is 9.59 Å². The summed E-state index contributed by atoms with van der Waals surface area (Å²) < 4.78 is 71.4. The quantitative estimate of drug-likeness (QED) is 0.124. The molecule has 0 bridgehead atoms. The van der Waals surface area contributed by atoms with Crippen LogP contribution in [0.4, 0.5) is 39.4 Å². The molecule has 3 N–H and O–H groups in total. The van der Waals surface area contributed by atoms with Gasteiger partial charge in [-0.05, 0) is 36.8 Å². The first-order chi connectivity index (χ1) is 20.6. The number of fused-ring (bicyclic) bond motifs is 1. The van der Waals surface area contributed by atoms with Crippen LogP contribution in [0.3, 0.4) is 0 Å². The highest BCUT2D eigenvalue weighted by Gasteiger charge is 2.31. The van der Waals surface area contributed by atoms with Crippen molar-refractivity contribution in [2.75, 3.05) is 17.2 Å². The van der Waals surface area contributed by atoms with Crippen molar-refractivity contribution in [1.29, 1.82) is 0 Å². The van der Waals surface area contributed by atoms with Crippen LogP contribution in [0.15, 0.2) is 54.7 Å². The monoisotopic (exact) mass is 656 g/mol. The number of rotatable bonds is 10. The van der Waals surface area contributed by atoms with Gasteiger partial charge in [0.1, 0.15) is 18.2 Å². The molecular formula is C28H23Cl2F5N6O3. The number of ether oxygens (including phenoxy) is 1. The summed E-state index contributed by atoms with van der Waals surface area (Å²) in [5, 5.41) is 8.45. The lowest BCUT2D eigenvalue weighted by atomic mass is 10.1. The van der Waals surface area contributed by atoms with Crippen LogP contribution in [0.5, 0.6) is 5.75 Å². The van der Waals surface area contributed by atoms with E-state index in [0.29, 0.717) is 22.9 Å². The maximum Gasteiger partial charge on any atom is 0.417 e. The summed E-state index contributed by atoms with van der Waals surface area (Å²) in [6, 6.07) is 7.47. The molecule has 9 nitrogen and oxygen atoms in total. The van der Waals surface area contributed by atoms with E-state index in [1.165, 1.54) is 16.7 Å². The van der Waals surface area contributed by atoms with Crippen LogP contribution in [-0.4, -0.2) is 39.4 Å². The molecule has 0 aliphatic rings. The van der Waals surface area contributed by atoms with E-state index in [0.717, 1.165) is 12.1 Å². The van der Waals surface area contributed by atoms with E-state index >= 15 is 0 Å². The van der Waals surface area contributed by atoms with Gasteiger partial charge in [0.25, 0.3) is 12.3 Å². The van der Waals surface area contributed by atoms with Crippen molar-refractivity contribution in [3.05, 3.63) is 81.5 Å². The number of nitrogens with one attached hydrogen (secondary N) is 3. The largest absolute Gasteiger partial charge is 0.487 e. The zero-order valence-corrected chi connectivity index (χ0v) is 24.5. The first-order valence-electron chi connectivity index (χ1n) is 12.6. The average molecular weight is 657 g/mol. The Morgan fingerprint density at radius 1 is 1.14 bits per heavy atom. The zero-order valence-electron chi connectivity index (χ0n) is 23.0. The van der Waals surface area contributed by atoms with Gasteiger partial charge < -0.3 is 25.3 Å². The Bertz CT molecular complexity index is 1740. The van der Waals surface area contributed by atoms with Crippen molar-refractivity contribution < 1.29 is 36.3 Å². The van der Waals surface area contributed by atoms with Crippen LogP contribution < -0.4 is 20.7 Å². The third kappa shape index (κ3) is 7.37. The molecule has 0 atom stereocenters. The molecule has 2 aromatic carbocycles. The molecule has 2 aromatic heterocycles. The third-order valence-electron chi connectivity index (χ3n) is 6.16. The molecule has 232 valence electrons. The number of pyridine rings is 1. The number of carbonyl (C=O) groups excluding carboxylic acids is 2. The van der Waals surface area contributed by atoms with Gasteiger partial charge in [-0.15, -0.1) is 0 Å². The molecule has 0 saturated carbocycles. The Morgan fingerprint density at radius 2 is 1.86 bits per heavy atom. The lowest BCUT2D eigenvalue weighted by Gasteiger charge is -2.14. The fraction of sp³-hybridized carbons (Fsp3) is 0.214. The third-order valence-corrected chi connectivity index (χ3v) is 6.91. The highest BCUT2D eigenvalue weighted by atomic mass is 35.5. The Balaban J connectivity index is 1.67. The Kier molecular flexibility index (Phi) is 9.64. The maximum absolute atomic E-state index is 13.1. The topological polar surface area (TPSA) is 110 Å². The van der Waals surface area contributed by atoms with Gasteiger partial charge in [-0.1, -0.05) is 35.8 Å². The summed E-state index contributed by atoms with van der Waals surface area (Å²) in [5.41, 5.74) is 0.443. The molecule has 0 aliphatic heterocycles. The van der Waals surface area contributed by atoms with Crippen LogP contribution in [0, 0.1) is 0 Å². The van der Waals surface area contributed by atoms with E-state index in [9.17, 15) is 31.5 Å². The van der Waals surface area contributed by atoms with Gasteiger partial charge in [0, 0.05) is 31.4 Å². The summed E-state index contributed by atoms with van der Waals surface area (Å²) in [5.74, 6) is -1.51. The standard InChI is InChI=1S/C28H23Cl2F5N6O3/c1-13(2)25(42)37-10-14-4-6-17(29)24(23(14)30)40-27-38-18-8-16(20(44-12-21(31)32)9-19(18)41(27)3)26(43)39-22-7-5-15(11-36-22)28(33,34)35/h4-9,11,21H,1,10,12H2,2-3H3,(H,37,42)(H,38,40)(H,36,39,43). The maximum atomic E-state index is 13.1. The summed E-state index contributed by atoms with van der Waals surface area (Å²) in [7, 11) is 1.60. The number of benzene rings is 2. The molecule has 2 heterocycles. The van der Waals surface area contributed by atoms with Gasteiger partial charge in [-0.25, -0.2) is 18.7 Å². The van der Waals surface area contributed by atoms with E-state index in [1.807, 2.05) is 0 Å². The van der Waals surface area contributed by atoms with Crippen LogP contribution in [0.1, 0.15) is 28.4 Å². The van der Waals surface area contributed by atoms with Crippen molar-refractivity contribution in [3.63, 3.8) is 0 Å². The number of carbonyl (C=O) groups is 2. The summed E-state index contributed by atoms with van der Waals surface area (Å²) >= 11 is 13.0. The normalized spacial score (nSPS) is 11.5. The number of nitrogens with zero attached hydrogens (tertiary/aromatic N) is 3. The minimum Gasteiger partial charge on any atom is -0.487 e. The molecule has 16 heteroatoms. The summed E-state index contributed by atoms with van der Waals surface area (Å²) in [6.07, 6.45) is -6.94. The number of imidazole rings is 1. The minimum atomic E-state index is -4.63. The van der Waals surface area contributed by atoms with Crippen molar-refractivity contribution >= 4 is 63.5 Å². The van der Waals surface area contributed by atoms with Gasteiger partial charge >= 0.3 is 6.18 Å². The predicted molar refractivity (Wildman–Crippen MR) is 156 cm³/mol. The van der Waals surface area contributed by atoms with E-state index in [-0.39, 0.29) is 56.8 Å². The van der Waals surface area contributed by atoms with Crippen molar-refractivity contribution in [2.24, 2.45) is 7.05 Å². The van der Waals surface area contributed by atoms with Crippen molar-refractivity contribution in [3.8, 4) is 5.75 Å². The van der Waals surface area contributed by atoms with E-state index in [4.69, 9.17) is 27.9 Å². The molecule has 0 spiro atoms. The summed E-state index contributed by atoms with van der Waals surface area (Å²) in [4.78, 5) is 33.1. The van der Waals surface area contributed by atoms with Gasteiger partial charge in [-0.2, -0.15) is 13.2 Å². The number of aromatic nitrogens is 3. The van der Waals surface area contributed by atoms with E-state index in [1.54, 1.807) is 26.1 Å². The number of alkyl halides is 5. The van der Waals surface area contributed by atoms with E-state index in [2.05, 4.69) is 32.5 Å². The number of hydrogen-bond donors (Lipinski definition) is 3. The smallest absolute Gasteiger partial charge is 0.417 e. The molecule has 4 aromatic rings. The first-order valence-corrected chi connectivity index (χ1v) is 13.3. The SMILES string of the molecule is C=C(C)C(=O)NCc1ccc(Cl)c(Nc2nc3cc(C(=O)Nc4ccc(C(F)(F)F)cn4)c(OCC(F)F)cc3n2C)c1Cl. The molecule has 4 rings (SSSR count). The number of hydrogen-bond acceptors (Lipinski definition) is 6. The van der Waals surface area contributed by atoms with Crippen molar-refractivity contribution in [2.45, 2.75) is 26.1 Å². The highest BCUT2D eigenvalue weighted by Crippen LogP contribution is 2.37. The van der Waals surface area contributed by atoms with Crippen LogP contribution >= 0.6 is 23.2 Å². The molecule has 0 aliphatic carbocycles. The second-order valence-corrected chi connectivity index (χ2v) is 10.2. The van der Waals surface area contributed by atoms with Gasteiger partial charge in [0.15, 0.2) is 0 Å². The lowest BCUT2D eigenvalue weighted by Crippen LogP contribution is -2.23. The lowest BCUT2D eigenvalue weighted by molar-refractivity contribution is -0.137. The van der Waals surface area contributed by atoms with Gasteiger partial charge in [0.05, 0.1) is 37.9 Å². The first kappa shape index (κ1) is 32.5. The highest BCUT2D eigenvalue weighted by molar-refractivity contribution is 6.39. The average Bonchev–Trinajstić information content (AvgIpc) is 3.26. The number of aryl methyl sites for hydroxylation is 1. The van der Waals surface area contributed by atoms with Crippen LogP contribution in [0.2, 0.25) is 10.0 Å². The molecule has 44 heavy (non-hydrogen) atoms. The Hall–Kier alpha value is -4.43. The predicted octanol–water partition coefficient (Wildman–Crippen LogP) is 7.13. The van der Waals surface area contributed by atoms with Gasteiger partial charge in [0.2, 0.25) is 11.9 Å². The molecule has 0 radical (unpaired) electrons. The number of anilines is 3. The molecular weight excluding hydrogens is 634 g/mol. The second kappa shape index (κ2) is 13.1. The molecule has 0 fully saturated rings. The fourth-order valence-corrected chi connectivity index (χ4v) is 4.42. The fourth-order valence-electron chi connectivity index (χ4n) is 3.88. The Morgan fingerprint density at radius 3 is 2.48 bits per heavy atom. The summed E-state index contributed by atoms with van der Waals surface area (Å²) in [6.45, 7) is 4.18. The zero-order chi connectivity index (χ0) is 32.3. The Labute approximate surface area is 257 Å². The second-order valence-electron chi connectivity index (χ2n) is 9.40. The van der Waals surface area contributed by atoms with E-state index < -0.39 is 30.7 Å². The van der Waals surface area contributed by atoms with Crippen LogP contribution in [0.25, 0.3) is 11.0 Å². The number of amides is 2. The molecule has 2 amide bonds. The molecule has 0 unspecified atom stereocenters. The number of halogens is 7. The van der Waals surface area contributed by atoms with Crippen molar-refractivity contribution in [1.82, 2.24) is 19.9 Å². The minimum absolute atomic E-state index is 0.0794. The molecule has 0 saturated heterocycles.